The lowest BCUT2D eigenvalue weighted by molar-refractivity contribution is -0.894. The van der Waals surface area contributed by atoms with Crippen LogP contribution in [0.4, 0.5) is 0 Å². The highest BCUT2D eigenvalue weighted by Crippen LogP contribution is 2.33. The van der Waals surface area contributed by atoms with Gasteiger partial charge in [0.1, 0.15) is 0 Å². The number of aliphatic carboxylic acids is 1. The van der Waals surface area contributed by atoms with Crippen molar-refractivity contribution in [2.24, 2.45) is 5.41 Å². The monoisotopic (exact) mass is 398 g/mol. The van der Waals surface area contributed by atoms with Crippen LogP contribution >= 0.6 is 0 Å². The zero-order valence-corrected chi connectivity index (χ0v) is 20.2. The molecular formula is C25H52NO2+. The van der Waals surface area contributed by atoms with Gasteiger partial charge < -0.3 is 9.59 Å². The molecule has 0 radical (unpaired) electrons. The third-order valence-electron chi connectivity index (χ3n) is 6.17. The van der Waals surface area contributed by atoms with E-state index in [4.69, 9.17) is 0 Å². The van der Waals surface area contributed by atoms with Crippen LogP contribution < -0.4 is 0 Å². The quantitative estimate of drug-likeness (QED) is 0.181. The molecule has 0 aliphatic rings. The van der Waals surface area contributed by atoms with Crippen molar-refractivity contribution in [2.45, 2.75) is 130 Å². The molecule has 0 bridgehead atoms. The predicted molar refractivity (Wildman–Crippen MR) is 123 cm³/mol. The van der Waals surface area contributed by atoms with E-state index in [2.05, 4.69) is 20.8 Å². The first-order valence-electron chi connectivity index (χ1n) is 12.2. The standard InChI is InChI=1S/C25H51NO2/c1-7-8-9-10-11-12-13-14-15-16-17-18-19-20-21-22-25(2,3)23(24(27)28)26(4,5)6/h23H,7-22H2,1-6H3/p+1. The van der Waals surface area contributed by atoms with Crippen molar-refractivity contribution < 1.29 is 14.4 Å². The van der Waals surface area contributed by atoms with E-state index in [1.54, 1.807) is 0 Å². The normalized spacial score (nSPS) is 13.6. The molecule has 0 saturated carbocycles. The summed E-state index contributed by atoms with van der Waals surface area (Å²) in [5.74, 6) is -0.668. The Labute approximate surface area is 176 Å². The Morgan fingerprint density at radius 1 is 0.714 bits per heavy atom. The van der Waals surface area contributed by atoms with Gasteiger partial charge in [0.25, 0.3) is 0 Å². The molecule has 3 nitrogen and oxygen atoms in total. The Kier molecular flexibility index (Phi) is 15.0. The van der Waals surface area contributed by atoms with Crippen molar-refractivity contribution in [3.8, 4) is 0 Å². The predicted octanol–water partition coefficient (Wildman–Crippen LogP) is 7.43. The maximum atomic E-state index is 11.7. The summed E-state index contributed by atoms with van der Waals surface area (Å²) >= 11 is 0. The lowest BCUT2D eigenvalue weighted by Gasteiger charge is -2.41. The van der Waals surface area contributed by atoms with Crippen molar-refractivity contribution in [2.75, 3.05) is 21.1 Å². The first-order chi connectivity index (χ1) is 13.1. The minimum absolute atomic E-state index is 0.166. The maximum absolute atomic E-state index is 11.7. The van der Waals surface area contributed by atoms with Crippen LogP contribution in [0.3, 0.4) is 0 Å². The van der Waals surface area contributed by atoms with E-state index in [1.165, 1.54) is 89.9 Å². The highest BCUT2D eigenvalue weighted by atomic mass is 16.4. The zero-order chi connectivity index (χ0) is 21.5. The molecule has 0 aliphatic heterocycles. The van der Waals surface area contributed by atoms with Crippen LogP contribution in [-0.2, 0) is 4.79 Å². The maximum Gasteiger partial charge on any atom is 0.363 e. The first kappa shape index (κ1) is 27.4. The number of nitrogens with zero attached hydrogens (tertiary/aromatic N) is 1. The van der Waals surface area contributed by atoms with E-state index in [0.29, 0.717) is 4.48 Å². The van der Waals surface area contributed by atoms with Gasteiger partial charge in [0.15, 0.2) is 6.04 Å². The lowest BCUT2D eigenvalue weighted by atomic mass is 9.78. The molecule has 1 atom stereocenters. The van der Waals surface area contributed by atoms with Crippen molar-refractivity contribution in [3.63, 3.8) is 0 Å². The van der Waals surface area contributed by atoms with Crippen LogP contribution in [-0.4, -0.2) is 42.7 Å². The van der Waals surface area contributed by atoms with E-state index >= 15 is 0 Å². The van der Waals surface area contributed by atoms with Gasteiger partial charge in [-0.05, 0) is 6.42 Å². The van der Waals surface area contributed by atoms with E-state index in [0.717, 1.165) is 12.8 Å². The fourth-order valence-electron chi connectivity index (χ4n) is 4.80. The van der Waals surface area contributed by atoms with Gasteiger partial charge in [0.2, 0.25) is 0 Å². The van der Waals surface area contributed by atoms with Crippen molar-refractivity contribution >= 4 is 5.97 Å². The van der Waals surface area contributed by atoms with Gasteiger partial charge in [-0.15, -0.1) is 0 Å². The number of rotatable bonds is 19. The number of carboxylic acids is 1. The minimum atomic E-state index is -0.668. The fourth-order valence-corrected chi connectivity index (χ4v) is 4.80. The second kappa shape index (κ2) is 15.3. The van der Waals surface area contributed by atoms with Crippen LogP contribution in [0.2, 0.25) is 0 Å². The molecule has 28 heavy (non-hydrogen) atoms. The summed E-state index contributed by atoms with van der Waals surface area (Å²) in [6.07, 6.45) is 21.5. The lowest BCUT2D eigenvalue weighted by Crippen LogP contribution is -2.57. The van der Waals surface area contributed by atoms with E-state index in [-0.39, 0.29) is 11.5 Å². The highest BCUT2D eigenvalue weighted by Gasteiger charge is 2.44. The van der Waals surface area contributed by atoms with E-state index in [1.807, 2.05) is 21.1 Å². The van der Waals surface area contributed by atoms with Crippen molar-refractivity contribution in [3.05, 3.63) is 0 Å². The Hall–Kier alpha value is -0.570. The molecule has 1 unspecified atom stereocenters. The average molecular weight is 399 g/mol. The van der Waals surface area contributed by atoms with Gasteiger partial charge in [-0.25, -0.2) is 4.79 Å². The molecule has 168 valence electrons. The molecule has 0 rings (SSSR count). The number of likely N-dealkylation sites (N-methyl/N-ethyl adjacent to an activating group) is 1. The summed E-state index contributed by atoms with van der Waals surface area (Å²) in [7, 11) is 5.98. The Bertz CT molecular complexity index is 384. The third kappa shape index (κ3) is 13.6. The summed E-state index contributed by atoms with van der Waals surface area (Å²) in [6.45, 7) is 6.53. The number of hydrogen-bond donors (Lipinski definition) is 1. The minimum Gasteiger partial charge on any atom is -0.477 e. The number of carbonyl (C=O) groups is 1. The van der Waals surface area contributed by atoms with Gasteiger partial charge in [-0.3, -0.25) is 0 Å². The van der Waals surface area contributed by atoms with Crippen LogP contribution in [0.15, 0.2) is 0 Å². The second-order valence-electron chi connectivity index (χ2n) is 10.5. The third-order valence-corrected chi connectivity index (χ3v) is 6.17. The smallest absolute Gasteiger partial charge is 0.363 e. The molecule has 1 N–H and O–H groups in total. The average Bonchev–Trinajstić information content (AvgIpc) is 2.56. The van der Waals surface area contributed by atoms with Crippen molar-refractivity contribution in [1.29, 1.82) is 0 Å². The van der Waals surface area contributed by atoms with Gasteiger partial charge >= 0.3 is 5.97 Å². The molecule has 0 aliphatic carbocycles. The molecule has 0 aromatic rings. The van der Waals surface area contributed by atoms with Crippen molar-refractivity contribution in [1.82, 2.24) is 0 Å². The van der Waals surface area contributed by atoms with E-state index in [9.17, 15) is 9.90 Å². The number of hydrogen-bond acceptors (Lipinski definition) is 1. The van der Waals surface area contributed by atoms with Crippen LogP contribution in [0, 0.1) is 5.41 Å². The first-order valence-corrected chi connectivity index (χ1v) is 12.2. The molecule has 0 heterocycles. The summed E-state index contributed by atoms with van der Waals surface area (Å²) < 4.78 is 0.487. The molecule has 0 saturated heterocycles. The van der Waals surface area contributed by atoms with E-state index < -0.39 is 5.97 Å². The van der Waals surface area contributed by atoms with Gasteiger partial charge in [0, 0.05) is 5.41 Å². The largest absolute Gasteiger partial charge is 0.477 e. The van der Waals surface area contributed by atoms with Crippen LogP contribution in [0.1, 0.15) is 124 Å². The number of unbranched alkanes of at least 4 members (excludes halogenated alkanes) is 14. The molecule has 0 spiro atoms. The Balaban J connectivity index is 3.62. The van der Waals surface area contributed by atoms with Crippen LogP contribution in [0.5, 0.6) is 0 Å². The molecular weight excluding hydrogens is 346 g/mol. The number of carboxylic acid groups (broad SMARTS) is 1. The molecule has 0 amide bonds. The summed E-state index contributed by atoms with van der Waals surface area (Å²) in [5.41, 5.74) is -0.166. The molecule has 0 aromatic heterocycles. The molecule has 0 aromatic carbocycles. The Morgan fingerprint density at radius 2 is 1.04 bits per heavy atom. The molecule has 3 heteroatoms. The topological polar surface area (TPSA) is 37.3 Å². The van der Waals surface area contributed by atoms with Crippen LogP contribution in [0.25, 0.3) is 0 Å². The summed E-state index contributed by atoms with van der Waals surface area (Å²) in [5, 5.41) is 9.65. The molecule has 0 fully saturated rings. The summed E-state index contributed by atoms with van der Waals surface area (Å²) in [6, 6.07) is -0.348. The zero-order valence-electron chi connectivity index (χ0n) is 20.2. The fraction of sp³-hybridized carbons (Fsp3) is 0.960. The van der Waals surface area contributed by atoms with Gasteiger partial charge in [-0.1, -0.05) is 117 Å². The summed E-state index contributed by atoms with van der Waals surface area (Å²) in [4.78, 5) is 11.7. The Morgan fingerprint density at radius 3 is 1.32 bits per heavy atom. The number of quaternary nitrogens is 1. The highest BCUT2D eigenvalue weighted by molar-refractivity contribution is 5.73. The SMILES string of the molecule is CCCCCCCCCCCCCCCCCC(C)(C)C(C(=O)O)[N+](C)(C)C. The van der Waals surface area contributed by atoms with Gasteiger partial charge in [0.05, 0.1) is 21.1 Å². The van der Waals surface area contributed by atoms with Gasteiger partial charge in [-0.2, -0.15) is 0 Å². The second-order valence-corrected chi connectivity index (χ2v) is 10.5.